The zero-order chi connectivity index (χ0) is 8.43. The van der Waals surface area contributed by atoms with Gasteiger partial charge in [-0.3, -0.25) is 0 Å². The van der Waals surface area contributed by atoms with E-state index >= 15 is 0 Å². The molecular formula is C7H8O4. The second-order valence-corrected chi connectivity index (χ2v) is 2.20. The van der Waals surface area contributed by atoms with Crippen LogP contribution in [0.4, 0.5) is 0 Å². The maximum atomic E-state index is 10.8. The van der Waals surface area contributed by atoms with E-state index in [0.717, 1.165) is 0 Å². The van der Waals surface area contributed by atoms with E-state index in [9.17, 15) is 9.59 Å². The van der Waals surface area contributed by atoms with Gasteiger partial charge in [-0.2, -0.15) is 0 Å². The highest BCUT2D eigenvalue weighted by Gasteiger charge is 2.28. The average molecular weight is 156 g/mol. The molecule has 4 nitrogen and oxygen atoms in total. The fourth-order valence-electron chi connectivity index (χ4n) is 0.770. The normalized spacial score (nSPS) is 22.5. The van der Waals surface area contributed by atoms with Crippen LogP contribution in [-0.4, -0.2) is 25.2 Å². The lowest BCUT2D eigenvalue weighted by Gasteiger charge is -2.03. The zero-order valence-corrected chi connectivity index (χ0v) is 6.29. The third-order valence-corrected chi connectivity index (χ3v) is 1.39. The first-order valence-electron chi connectivity index (χ1n) is 3.12. The highest BCUT2D eigenvalue weighted by Crippen LogP contribution is 2.13. The predicted octanol–water partition coefficient (Wildman–Crippen LogP) is 0.0311. The number of rotatable bonds is 1. The maximum Gasteiger partial charge on any atom is 0.351 e. The lowest BCUT2D eigenvalue weighted by atomic mass is 10.2. The Morgan fingerprint density at radius 1 is 1.73 bits per heavy atom. The molecule has 1 rings (SSSR count). The van der Waals surface area contributed by atoms with Crippen molar-refractivity contribution in [1.82, 2.24) is 0 Å². The van der Waals surface area contributed by atoms with Crippen molar-refractivity contribution in [2.75, 3.05) is 7.11 Å². The van der Waals surface area contributed by atoms with Gasteiger partial charge in [0.2, 0.25) is 6.10 Å². The molecule has 0 saturated carbocycles. The minimum atomic E-state index is -0.840. The first kappa shape index (κ1) is 7.78. The molecule has 1 unspecified atom stereocenters. The van der Waals surface area contributed by atoms with Gasteiger partial charge in [0.05, 0.1) is 7.11 Å². The molecule has 1 aliphatic rings. The summed E-state index contributed by atoms with van der Waals surface area (Å²) in [6, 6.07) is 0. The summed E-state index contributed by atoms with van der Waals surface area (Å²) in [6.45, 7) is 1.59. The summed E-state index contributed by atoms with van der Waals surface area (Å²) < 4.78 is 8.99. The van der Waals surface area contributed by atoms with E-state index < -0.39 is 18.0 Å². The van der Waals surface area contributed by atoms with Crippen molar-refractivity contribution in [3.8, 4) is 0 Å². The third-order valence-electron chi connectivity index (χ3n) is 1.39. The fourth-order valence-corrected chi connectivity index (χ4v) is 0.770. The van der Waals surface area contributed by atoms with E-state index in [1.807, 2.05) is 0 Å². The number of hydrogen-bond acceptors (Lipinski definition) is 4. The Kier molecular flexibility index (Phi) is 1.94. The van der Waals surface area contributed by atoms with Crippen LogP contribution < -0.4 is 0 Å². The topological polar surface area (TPSA) is 52.6 Å². The fraction of sp³-hybridized carbons (Fsp3) is 0.429. The summed E-state index contributed by atoms with van der Waals surface area (Å²) in [5.74, 6) is -1.00. The Morgan fingerprint density at radius 2 is 2.36 bits per heavy atom. The molecule has 4 heteroatoms. The first-order valence-corrected chi connectivity index (χ1v) is 3.12. The van der Waals surface area contributed by atoms with Crippen LogP contribution in [0.3, 0.4) is 0 Å². The van der Waals surface area contributed by atoms with E-state index in [0.29, 0.717) is 5.57 Å². The zero-order valence-electron chi connectivity index (χ0n) is 6.29. The van der Waals surface area contributed by atoms with Gasteiger partial charge in [-0.05, 0) is 13.0 Å². The largest absolute Gasteiger partial charge is 0.466 e. The highest BCUT2D eigenvalue weighted by atomic mass is 16.6. The third kappa shape index (κ3) is 1.39. The monoisotopic (exact) mass is 156 g/mol. The quantitative estimate of drug-likeness (QED) is 0.502. The molecular weight excluding hydrogens is 148 g/mol. The van der Waals surface area contributed by atoms with Gasteiger partial charge >= 0.3 is 11.9 Å². The van der Waals surface area contributed by atoms with E-state index in [1.165, 1.54) is 13.2 Å². The van der Waals surface area contributed by atoms with Crippen LogP contribution in [0.15, 0.2) is 11.6 Å². The molecule has 0 aromatic carbocycles. The molecule has 0 bridgehead atoms. The van der Waals surface area contributed by atoms with Gasteiger partial charge in [-0.1, -0.05) is 0 Å². The van der Waals surface area contributed by atoms with E-state index in [2.05, 4.69) is 9.47 Å². The van der Waals surface area contributed by atoms with E-state index in [-0.39, 0.29) is 0 Å². The summed E-state index contributed by atoms with van der Waals surface area (Å²) in [7, 11) is 1.25. The van der Waals surface area contributed by atoms with Crippen molar-refractivity contribution < 1.29 is 19.1 Å². The minimum Gasteiger partial charge on any atom is -0.466 e. The molecule has 0 saturated heterocycles. The minimum absolute atomic E-state index is 0.445. The van der Waals surface area contributed by atoms with Crippen molar-refractivity contribution in [3.05, 3.63) is 11.6 Å². The lowest BCUT2D eigenvalue weighted by Crippen LogP contribution is -2.21. The molecule has 11 heavy (non-hydrogen) atoms. The number of cyclic esters (lactones) is 1. The molecule has 0 spiro atoms. The molecule has 0 amide bonds. The second-order valence-electron chi connectivity index (χ2n) is 2.20. The van der Waals surface area contributed by atoms with Gasteiger partial charge in [-0.15, -0.1) is 0 Å². The molecule has 60 valence electrons. The van der Waals surface area contributed by atoms with Crippen LogP contribution in [-0.2, 0) is 19.1 Å². The van der Waals surface area contributed by atoms with E-state index in [4.69, 9.17) is 0 Å². The molecule has 0 N–H and O–H groups in total. The van der Waals surface area contributed by atoms with Crippen molar-refractivity contribution >= 4 is 11.9 Å². The lowest BCUT2D eigenvalue weighted by molar-refractivity contribution is -0.157. The molecule has 1 atom stereocenters. The number of carbonyl (C=O) groups is 2. The van der Waals surface area contributed by atoms with Crippen LogP contribution in [0.5, 0.6) is 0 Å². The Labute approximate surface area is 63.8 Å². The van der Waals surface area contributed by atoms with Gasteiger partial charge in [0.15, 0.2) is 0 Å². The SMILES string of the molecule is COC(=O)C1C=C(C)C(=O)O1. The van der Waals surface area contributed by atoms with Gasteiger partial charge in [0.1, 0.15) is 0 Å². The average Bonchev–Trinajstić information content (AvgIpc) is 2.31. The van der Waals surface area contributed by atoms with Crippen molar-refractivity contribution in [2.45, 2.75) is 13.0 Å². The van der Waals surface area contributed by atoms with Crippen LogP contribution >= 0.6 is 0 Å². The van der Waals surface area contributed by atoms with Gasteiger partial charge < -0.3 is 9.47 Å². The summed E-state index contributed by atoms with van der Waals surface area (Å²) in [6.07, 6.45) is 0.598. The van der Waals surface area contributed by atoms with Crippen molar-refractivity contribution in [2.24, 2.45) is 0 Å². The second kappa shape index (κ2) is 2.74. The van der Waals surface area contributed by atoms with Crippen LogP contribution in [0, 0.1) is 0 Å². The number of ether oxygens (including phenoxy) is 2. The number of carbonyl (C=O) groups excluding carboxylic acids is 2. The first-order chi connectivity index (χ1) is 5.15. The van der Waals surface area contributed by atoms with Crippen molar-refractivity contribution in [1.29, 1.82) is 0 Å². The van der Waals surface area contributed by atoms with Crippen LogP contribution in [0.25, 0.3) is 0 Å². The molecule has 0 radical (unpaired) electrons. The smallest absolute Gasteiger partial charge is 0.351 e. The Hall–Kier alpha value is -1.32. The number of methoxy groups -OCH3 is 1. The van der Waals surface area contributed by atoms with Crippen LogP contribution in [0.2, 0.25) is 0 Å². The van der Waals surface area contributed by atoms with E-state index in [1.54, 1.807) is 6.92 Å². The molecule has 1 heterocycles. The molecule has 0 aliphatic carbocycles. The standard InChI is InChI=1S/C7H8O4/c1-4-3-5(7(9)10-2)11-6(4)8/h3,5H,1-2H3. The van der Waals surface area contributed by atoms with Crippen molar-refractivity contribution in [3.63, 3.8) is 0 Å². The van der Waals surface area contributed by atoms with Gasteiger partial charge in [0.25, 0.3) is 0 Å². The summed E-state index contributed by atoms with van der Waals surface area (Å²) in [5.41, 5.74) is 0.445. The number of esters is 2. The summed E-state index contributed by atoms with van der Waals surface area (Å²) in [5, 5.41) is 0. The summed E-state index contributed by atoms with van der Waals surface area (Å²) >= 11 is 0. The Morgan fingerprint density at radius 3 is 2.73 bits per heavy atom. The predicted molar refractivity (Wildman–Crippen MR) is 35.7 cm³/mol. The maximum absolute atomic E-state index is 10.8. The number of hydrogen-bond donors (Lipinski definition) is 0. The van der Waals surface area contributed by atoms with Gasteiger partial charge in [-0.25, -0.2) is 9.59 Å². The molecule has 0 fully saturated rings. The van der Waals surface area contributed by atoms with Crippen LogP contribution in [0.1, 0.15) is 6.92 Å². The molecule has 1 aliphatic heterocycles. The highest BCUT2D eigenvalue weighted by molar-refractivity contribution is 5.95. The Bertz CT molecular complexity index is 229. The molecule has 0 aromatic heterocycles. The molecule has 0 aromatic rings. The Balaban J connectivity index is 2.68. The van der Waals surface area contributed by atoms with Gasteiger partial charge in [0, 0.05) is 5.57 Å². The summed E-state index contributed by atoms with van der Waals surface area (Å²) in [4.78, 5) is 21.5.